The molecule has 0 aromatic heterocycles. The molecule has 0 amide bonds. The van der Waals surface area contributed by atoms with Gasteiger partial charge in [0.15, 0.2) is 5.41 Å². The molecule has 1 N–H and O–H groups in total. The van der Waals surface area contributed by atoms with E-state index in [1.807, 2.05) is 0 Å². The number of halogens is 3. The number of aliphatic carboxylic acids is 1. The van der Waals surface area contributed by atoms with Crippen LogP contribution in [0.4, 0.5) is 13.2 Å². The molecule has 0 aromatic carbocycles. The monoisotopic (exact) mass is 307 g/mol. The van der Waals surface area contributed by atoms with Gasteiger partial charge in [-0.3, -0.25) is 9.69 Å². The molecule has 0 aromatic rings. The van der Waals surface area contributed by atoms with Crippen LogP contribution in [-0.2, 0) is 9.53 Å². The van der Waals surface area contributed by atoms with Gasteiger partial charge in [0.1, 0.15) is 0 Å². The zero-order valence-corrected chi connectivity index (χ0v) is 11.8. The molecule has 2 unspecified atom stereocenters. The van der Waals surface area contributed by atoms with Crippen molar-refractivity contribution in [3.05, 3.63) is 0 Å². The normalized spacial score (nSPS) is 36.6. The Morgan fingerprint density at radius 2 is 2.00 bits per heavy atom. The maximum atomic E-state index is 13.2. The zero-order valence-electron chi connectivity index (χ0n) is 11.8. The molecule has 4 nitrogen and oxygen atoms in total. The third-order valence-corrected chi connectivity index (χ3v) is 5.50. The minimum atomic E-state index is -4.70. The summed E-state index contributed by atoms with van der Waals surface area (Å²) in [6, 6.07) is 0.0163. The van der Waals surface area contributed by atoms with E-state index >= 15 is 0 Å². The SMILES string of the molecule is O=C(O)C1(C(F)(F)F)CCN(C2CCOC3(CCC3)C2)C1. The first kappa shape index (κ1) is 15.1. The van der Waals surface area contributed by atoms with Gasteiger partial charge in [-0.2, -0.15) is 13.2 Å². The highest BCUT2D eigenvalue weighted by molar-refractivity contribution is 5.76. The summed E-state index contributed by atoms with van der Waals surface area (Å²) in [6.07, 6.45) is -0.575. The summed E-state index contributed by atoms with van der Waals surface area (Å²) in [6.45, 7) is 0.340. The summed E-state index contributed by atoms with van der Waals surface area (Å²) in [5, 5.41) is 9.10. The summed E-state index contributed by atoms with van der Waals surface area (Å²) >= 11 is 0. The van der Waals surface area contributed by atoms with Crippen LogP contribution < -0.4 is 0 Å². The van der Waals surface area contributed by atoms with Gasteiger partial charge in [0, 0.05) is 19.2 Å². The van der Waals surface area contributed by atoms with Gasteiger partial charge in [-0.1, -0.05) is 0 Å². The van der Waals surface area contributed by atoms with Gasteiger partial charge < -0.3 is 9.84 Å². The average Bonchev–Trinajstić information content (AvgIpc) is 2.83. The second-order valence-electron chi connectivity index (χ2n) is 6.64. The topological polar surface area (TPSA) is 49.8 Å². The molecule has 3 aliphatic rings. The van der Waals surface area contributed by atoms with Crippen molar-refractivity contribution in [2.24, 2.45) is 5.41 Å². The quantitative estimate of drug-likeness (QED) is 0.851. The third kappa shape index (κ3) is 2.34. The minimum absolute atomic E-state index is 0.0163. The van der Waals surface area contributed by atoms with E-state index in [0.29, 0.717) is 13.0 Å². The number of carbonyl (C=O) groups is 1. The van der Waals surface area contributed by atoms with Crippen LogP contribution in [0.2, 0.25) is 0 Å². The molecule has 7 heteroatoms. The van der Waals surface area contributed by atoms with Crippen molar-refractivity contribution in [2.75, 3.05) is 19.7 Å². The molecule has 2 aliphatic heterocycles. The molecule has 1 saturated carbocycles. The summed E-state index contributed by atoms with van der Waals surface area (Å²) in [7, 11) is 0. The van der Waals surface area contributed by atoms with Crippen LogP contribution >= 0.6 is 0 Å². The molecule has 3 rings (SSSR count). The predicted molar refractivity (Wildman–Crippen MR) is 67.9 cm³/mol. The Balaban J connectivity index is 1.72. The maximum Gasteiger partial charge on any atom is 0.406 e. The van der Waals surface area contributed by atoms with Gasteiger partial charge in [-0.25, -0.2) is 0 Å². The van der Waals surface area contributed by atoms with Gasteiger partial charge in [-0.05, 0) is 45.1 Å². The molecule has 0 bridgehead atoms. The van der Waals surface area contributed by atoms with E-state index in [2.05, 4.69) is 0 Å². The summed E-state index contributed by atoms with van der Waals surface area (Å²) in [5.41, 5.74) is -2.74. The highest BCUT2D eigenvalue weighted by Crippen LogP contribution is 2.49. The lowest BCUT2D eigenvalue weighted by Gasteiger charge is -2.49. The van der Waals surface area contributed by atoms with E-state index in [9.17, 15) is 18.0 Å². The number of hydrogen-bond acceptors (Lipinski definition) is 3. The number of nitrogens with zero attached hydrogens (tertiary/aromatic N) is 1. The lowest BCUT2D eigenvalue weighted by molar-refractivity contribution is -0.228. The molecule has 1 spiro atoms. The van der Waals surface area contributed by atoms with Crippen LogP contribution in [0.5, 0.6) is 0 Å². The second-order valence-corrected chi connectivity index (χ2v) is 6.64. The number of rotatable bonds is 2. The number of carboxylic acids is 1. The Morgan fingerprint density at radius 1 is 1.29 bits per heavy atom. The third-order valence-electron chi connectivity index (χ3n) is 5.50. The Labute approximate surface area is 121 Å². The summed E-state index contributed by atoms with van der Waals surface area (Å²) < 4.78 is 45.4. The Kier molecular flexibility index (Phi) is 3.48. The number of hydrogen-bond donors (Lipinski definition) is 1. The Hall–Kier alpha value is -0.820. The fraction of sp³-hybridized carbons (Fsp3) is 0.929. The first-order chi connectivity index (χ1) is 9.78. The minimum Gasteiger partial charge on any atom is -0.481 e. The predicted octanol–water partition coefficient (Wildman–Crippen LogP) is 2.43. The Bertz CT molecular complexity index is 436. The van der Waals surface area contributed by atoms with Crippen molar-refractivity contribution in [1.82, 2.24) is 4.90 Å². The maximum absolute atomic E-state index is 13.2. The molecule has 2 heterocycles. The number of carboxylic acid groups (broad SMARTS) is 1. The summed E-state index contributed by atoms with van der Waals surface area (Å²) in [4.78, 5) is 12.9. The molecule has 0 radical (unpaired) electrons. The average molecular weight is 307 g/mol. The number of likely N-dealkylation sites (tertiary alicyclic amines) is 1. The Morgan fingerprint density at radius 3 is 2.48 bits per heavy atom. The molecular weight excluding hydrogens is 287 g/mol. The van der Waals surface area contributed by atoms with Crippen molar-refractivity contribution < 1.29 is 27.8 Å². The first-order valence-electron chi connectivity index (χ1n) is 7.46. The van der Waals surface area contributed by atoms with Crippen LogP contribution in [0.15, 0.2) is 0 Å². The van der Waals surface area contributed by atoms with Crippen molar-refractivity contribution in [3.63, 3.8) is 0 Å². The molecule has 2 saturated heterocycles. The van der Waals surface area contributed by atoms with E-state index in [4.69, 9.17) is 9.84 Å². The van der Waals surface area contributed by atoms with Crippen LogP contribution in [-0.4, -0.2) is 53.5 Å². The molecular formula is C14H20F3NO3. The van der Waals surface area contributed by atoms with Crippen molar-refractivity contribution >= 4 is 5.97 Å². The van der Waals surface area contributed by atoms with Crippen molar-refractivity contribution in [3.8, 4) is 0 Å². The van der Waals surface area contributed by atoms with E-state index in [1.54, 1.807) is 4.90 Å². The standard InChI is InChI=1S/C14H20F3NO3/c15-14(16,17)13(11(19)20)5-6-18(9-13)10-2-7-21-12(8-10)3-1-4-12/h10H,1-9H2,(H,19,20). The zero-order chi connectivity index (χ0) is 15.3. The van der Waals surface area contributed by atoms with Gasteiger partial charge in [-0.15, -0.1) is 0 Å². The van der Waals surface area contributed by atoms with E-state index in [0.717, 1.165) is 25.7 Å². The number of alkyl halides is 3. The molecule has 2 atom stereocenters. The van der Waals surface area contributed by atoms with Gasteiger partial charge >= 0.3 is 12.1 Å². The van der Waals surface area contributed by atoms with E-state index in [1.165, 1.54) is 0 Å². The van der Waals surface area contributed by atoms with Crippen LogP contribution in [0.1, 0.15) is 38.5 Å². The van der Waals surface area contributed by atoms with Crippen LogP contribution in [0, 0.1) is 5.41 Å². The lowest BCUT2D eigenvalue weighted by atomic mass is 9.73. The highest BCUT2D eigenvalue weighted by Gasteiger charge is 2.64. The number of ether oxygens (including phenoxy) is 1. The second kappa shape index (κ2) is 4.84. The first-order valence-corrected chi connectivity index (χ1v) is 7.46. The van der Waals surface area contributed by atoms with E-state index < -0.39 is 24.1 Å². The molecule has 120 valence electrons. The van der Waals surface area contributed by atoms with Crippen LogP contribution in [0.3, 0.4) is 0 Å². The fourth-order valence-electron chi connectivity index (χ4n) is 3.91. The lowest BCUT2D eigenvalue weighted by Crippen LogP contribution is -2.53. The van der Waals surface area contributed by atoms with Crippen molar-refractivity contribution in [2.45, 2.75) is 56.3 Å². The molecule has 3 fully saturated rings. The smallest absolute Gasteiger partial charge is 0.406 e. The van der Waals surface area contributed by atoms with Gasteiger partial charge in [0.2, 0.25) is 0 Å². The summed E-state index contributed by atoms with van der Waals surface area (Å²) in [5.74, 6) is -1.75. The molecule has 21 heavy (non-hydrogen) atoms. The van der Waals surface area contributed by atoms with Gasteiger partial charge in [0.25, 0.3) is 0 Å². The highest BCUT2D eigenvalue weighted by atomic mass is 19.4. The largest absolute Gasteiger partial charge is 0.481 e. The van der Waals surface area contributed by atoms with Gasteiger partial charge in [0.05, 0.1) is 5.60 Å². The van der Waals surface area contributed by atoms with Crippen LogP contribution in [0.25, 0.3) is 0 Å². The van der Waals surface area contributed by atoms with Crippen molar-refractivity contribution in [1.29, 1.82) is 0 Å². The fourth-order valence-corrected chi connectivity index (χ4v) is 3.91. The molecule has 1 aliphatic carbocycles. The van der Waals surface area contributed by atoms with E-state index in [-0.39, 0.29) is 24.6 Å².